The molecule has 0 spiro atoms. The highest BCUT2D eigenvalue weighted by atomic mass is 32.2. The molecule has 32 heavy (non-hydrogen) atoms. The third-order valence-corrected chi connectivity index (χ3v) is 8.50. The quantitative estimate of drug-likeness (QED) is 0.661. The summed E-state index contributed by atoms with van der Waals surface area (Å²) in [5.74, 6) is -0.528. The summed E-state index contributed by atoms with van der Waals surface area (Å²) in [6.45, 7) is 0. The van der Waals surface area contributed by atoms with Gasteiger partial charge in [-0.05, 0) is 18.2 Å². The molecule has 6 nitrogen and oxygen atoms in total. The van der Waals surface area contributed by atoms with Gasteiger partial charge in [-0.1, -0.05) is 42.1 Å². The predicted molar refractivity (Wildman–Crippen MR) is 117 cm³/mol. The largest absolute Gasteiger partial charge is 0.496 e. The molecule has 11 heteroatoms. The van der Waals surface area contributed by atoms with Crippen LogP contribution in [0.15, 0.2) is 53.5 Å². The molecule has 2 atom stereocenters. The van der Waals surface area contributed by atoms with E-state index >= 15 is 0 Å². The lowest BCUT2D eigenvalue weighted by atomic mass is 10.1. The third kappa shape index (κ3) is 4.49. The molecule has 0 radical (unpaired) electrons. The smallest absolute Gasteiger partial charge is 0.418 e. The molecule has 2 aromatic rings. The standard InChI is InChI=1S/C21H19F3N2O4S2/c1-30-17-9-5-2-6-13(17)10-19(27)25-20-26(16-11-32(28,29)12-18(16)31-20)15-8-4-3-7-14(15)21(22,23)24/h2-9,16,18H,10-12H2,1H3/t16-,18-/m0/s1. The van der Waals surface area contributed by atoms with Crippen LogP contribution in [0.1, 0.15) is 11.1 Å². The van der Waals surface area contributed by atoms with Crippen LogP contribution in [0.3, 0.4) is 0 Å². The Morgan fingerprint density at radius 1 is 1.16 bits per heavy atom. The van der Waals surface area contributed by atoms with Crippen LogP contribution < -0.4 is 9.64 Å². The number of amides is 1. The number of sulfone groups is 1. The van der Waals surface area contributed by atoms with E-state index in [0.29, 0.717) is 11.3 Å². The molecular formula is C21H19F3N2O4S2. The molecule has 2 aromatic carbocycles. The SMILES string of the molecule is COc1ccccc1CC(=O)N=C1S[C@H]2CS(=O)(=O)C[C@@H]2N1c1ccccc1C(F)(F)F. The van der Waals surface area contributed by atoms with Crippen molar-refractivity contribution >= 4 is 38.4 Å². The van der Waals surface area contributed by atoms with Crippen molar-refractivity contribution in [3.8, 4) is 5.75 Å². The van der Waals surface area contributed by atoms with E-state index in [9.17, 15) is 26.4 Å². The van der Waals surface area contributed by atoms with Crippen molar-refractivity contribution in [2.75, 3.05) is 23.5 Å². The minimum Gasteiger partial charge on any atom is -0.496 e. The lowest BCUT2D eigenvalue weighted by Gasteiger charge is -2.27. The van der Waals surface area contributed by atoms with Crippen LogP contribution in [0.25, 0.3) is 0 Å². The summed E-state index contributed by atoms with van der Waals surface area (Å²) in [5, 5.41) is -0.425. The topological polar surface area (TPSA) is 76.0 Å². The first kappa shape index (κ1) is 22.7. The maximum atomic E-state index is 13.7. The molecule has 0 saturated carbocycles. The highest BCUT2D eigenvalue weighted by molar-refractivity contribution is 8.16. The van der Waals surface area contributed by atoms with E-state index in [2.05, 4.69) is 4.99 Å². The molecule has 0 aliphatic carbocycles. The number of hydrogen-bond acceptors (Lipinski definition) is 5. The van der Waals surface area contributed by atoms with Crippen molar-refractivity contribution in [3.05, 3.63) is 59.7 Å². The zero-order valence-corrected chi connectivity index (χ0v) is 18.5. The van der Waals surface area contributed by atoms with Gasteiger partial charge in [0.25, 0.3) is 5.91 Å². The Hall–Kier alpha value is -2.53. The van der Waals surface area contributed by atoms with Crippen LogP contribution in [0.4, 0.5) is 18.9 Å². The fourth-order valence-electron chi connectivity index (χ4n) is 3.93. The summed E-state index contributed by atoms with van der Waals surface area (Å²) in [4.78, 5) is 18.1. The van der Waals surface area contributed by atoms with Gasteiger partial charge in [0.05, 0.1) is 42.3 Å². The lowest BCUT2D eigenvalue weighted by Crippen LogP contribution is -2.39. The number of hydrogen-bond donors (Lipinski definition) is 0. The zero-order chi connectivity index (χ0) is 23.1. The zero-order valence-electron chi connectivity index (χ0n) is 16.9. The second-order valence-electron chi connectivity index (χ2n) is 7.46. The maximum Gasteiger partial charge on any atom is 0.418 e. The van der Waals surface area contributed by atoms with Gasteiger partial charge in [0, 0.05) is 10.8 Å². The van der Waals surface area contributed by atoms with Gasteiger partial charge in [0.1, 0.15) is 5.75 Å². The Labute approximate surface area is 187 Å². The van der Waals surface area contributed by atoms with Crippen molar-refractivity contribution in [2.45, 2.75) is 23.9 Å². The number of benzene rings is 2. The Bertz CT molecular complexity index is 1180. The molecule has 2 saturated heterocycles. The Kier molecular flexibility index (Phi) is 5.97. The fraction of sp³-hybridized carbons (Fsp3) is 0.333. The highest BCUT2D eigenvalue weighted by Gasteiger charge is 2.51. The van der Waals surface area contributed by atoms with E-state index in [1.54, 1.807) is 24.3 Å². The Morgan fingerprint density at radius 2 is 1.84 bits per heavy atom. The van der Waals surface area contributed by atoms with E-state index < -0.39 is 38.8 Å². The Balaban J connectivity index is 1.72. The number of alkyl halides is 3. The number of carbonyl (C=O) groups excluding carboxylic acids is 1. The number of halogens is 3. The average molecular weight is 485 g/mol. The normalized spacial score (nSPS) is 23.4. The van der Waals surface area contributed by atoms with Gasteiger partial charge < -0.3 is 9.64 Å². The van der Waals surface area contributed by atoms with Crippen molar-refractivity contribution < 1.29 is 31.1 Å². The number of ether oxygens (including phenoxy) is 1. The second kappa shape index (κ2) is 8.43. The summed E-state index contributed by atoms with van der Waals surface area (Å²) in [6, 6.07) is 11.1. The second-order valence-corrected chi connectivity index (χ2v) is 10.8. The van der Waals surface area contributed by atoms with Crippen molar-refractivity contribution in [3.63, 3.8) is 0 Å². The number of amidine groups is 1. The number of thioether (sulfide) groups is 1. The highest BCUT2D eigenvalue weighted by Crippen LogP contribution is 2.45. The molecule has 1 amide bonds. The van der Waals surface area contributed by atoms with Gasteiger partial charge in [-0.2, -0.15) is 18.2 Å². The van der Waals surface area contributed by atoms with E-state index in [-0.39, 0.29) is 28.8 Å². The number of para-hydroxylation sites is 2. The molecule has 170 valence electrons. The molecule has 0 N–H and O–H groups in total. The van der Waals surface area contributed by atoms with E-state index in [1.807, 2.05) is 0 Å². The van der Waals surface area contributed by atoms with Gasteiger partial charge in [0.15, 0.2) is 15.0 Å². The molecule has 0 bridgehead atoms. The third-order valence-electron chi connectivity index (χ3n) is 5.29. The van der Waals surface area contributed by atoms with Crippen LogP contribution in [0, 0.1) is 0 Å². The molecule has 4 rings (SSSR count). The van der Waals surface area contributed by atoms with Crippen LogP contribution in [-0.4, -0.2) is 49.4 Å². The van der Waals surface area contributed by atoms with Gasteiger partial charge in [-0.15, -0.1) is 0 Å². The van der Waals surface area contributed by atoms with E-state index in [0.717, 1.165) is 17.8 Å². The first-order chi connectivity index (χ1) is 15.1. The van der Waals surface area contributed by atoms with Gasteiger partial charge in [-0.25, -0.2) is 8.42 Å². The van der Waals surface area contributed by atoms with Crippen LogP contribution in [0.2, 0.25) is 0 Å². The van der Waals surface area contributed by atoms with Gasteiger partial charge in [0.2, 0.25) is 0 Å². The first-order valence-corrected chi connectivity index (χ1v) is 12.3. The van der Waals surface area contributed by atoms with Crippen LogP contribution in [0.5, 0.6) is 5.75 Å². The molecule has 2 aliphatic rings. The number of nitrogens with zero attached hydrogens (tertiary/aromatic N) is 2. The molecule has 2 aliphatic heterocycles. The summed E-state index contributed by atoms with van der Waals surface area (Å²) in [7, 11) is -1.93. The first-order valence-electron chi connectivity index (χ1n) is 9.65. The average Bonchev–Trinajstić information content (AvgIpc) is 3.18. The number of aliphatic imine (C=N–C) groups is 1. The molecule has 0 unspecified atom stereocenters. The number of methoxy groups -OCH3 is 1. The number of fused-ring (bicyclic) bond motifs is 1. The van der Waals surface area contributed by atoms with Crippen LogP contribution >= 0.6 is 11.8 Å². The minimum atomic E-state index is -4.65. The minimum absolute atomic E-state index is 0.0755. The molecule has 0 aromatic heterocycles. The molecule has 2 heterocycles. The monoisotopic (exact) mass is 484 g/mol. The maximum absolute atomic E-state index is 13.7. The van der Waals surface area contributed by atoms with E-state index in [4.69, 9.17) is 4.74 Å². The van der Waals surface area contributed by atoms with Gasteiger partial charge in [-0.3, -0.25) is 4.79 Å². The summed E-state index contributed by atoms with van der Waals surface area (Å²) in [5.41, 5.74) is -0.520. The van der Waals surface area contributed by atoms with E-state index in [1.165, 1.54) is 30.2 Å². The lowest BCUT2D eigenvalue weighted by molar-refractivity contribution is -0.137. The summed E-state index contributed by atoms with van der Waals surface area (Å²) in [6.07, 6.45) is -4.75. The van der Waals surface area contributed by atoms with Crippen LogP contribution in [-0.2, 0) is 27.2 Å². The van der Waals surface area contributed by atoms with Crippen molar-refractivity contribution in [1.29, 1.82) is 0 Å². The van der Waals surface area contributed by atoms with Crippen molar-refractivity contribution in [2.24, 2.45) is 4.99 Å². The Morgan fingerprint density at radius 3 is 2.56 bits per heavy atom. The number of rotatable bonds is 4. The fourth-order valence-corrected chi connectivity index (χ4v) is 7.85. The van der Waals surface area contributed by atoms with Gasteiger partial charge >= 0.3 is 6.18 Å². The summed E-state index contributed by atoms with van der Waals surface area (Å²) >= 11 is 1.03. The number of carbonyl (C=O) groups is 1. The molecule has 2 fully saturated rings. The predicted octanol–water partition coefficient (Wildman–Crippen LogP) is 3.56. The number of anilines is 1. The van der Waals surface area contributed by atoms with Crippen molar-refractivity contribution in [1.82, 2.24) is 0 Å². The summed E-state index contributed by atoms with van der Waals surface area (Å²) < 4.78 is 70.6. The molecular weight excluding hydrogens is 465 g/mol.